The van der Waals surface area contributed by atoms with Crippen molar-refractivity contribution >= 4 is 17.7 Å². The van der Waals surface area contributed by atoms with E-state index in [2.05, 4.69) is 15.4 Å². The molecule has 1 heterocycles. The number of alkyl halides is 1. The first kappa shape index (κ1) is 18.1. The van der Waals surface area contributed by atoms with Gasteiger partial charge in [0, 0.05) is 6.07 Å². The summed E-state index contributed by atoms with van der Waals surface area (Å²) in [5, 5.41) is 6.41. The number of nitrogens with zero attached hydrogens (tertiary/aromatic N) is 3. The monoisotopic (exact) mass is 358 g/mol. The first-order valence-electron chi connectivity index (χ1n) is 7.12. The molecule has 0 aliphatic carbocycles. The van der Waals surface area contributed by atoms with Crippen molar-refractivity contribution in [2.75, 3.05) is 0 Å². The van der Waals surface area contributed by atoms with Gasteiger partial charge in [0.1, 0.15) is 11.4 Å². The highest BCUT2D eigenvalue weighted by Crippen LogP contribution is 2.19. The molecule has 0 aliphatic heterocycles. The molecule has 1 amide bonds. The highest BCUT2D eigenvalue weighted by Gasteiger charge is 2.18. The number of alkyl carbamates (subject to hydrolysis) is 1. The van der Waals surface area contributed by atoms with E-state index in [-0.39, 0.29) is 23.2 Å². The van der Waals surface area contributed by atoms with Gasteiger partial charge in [0.2, 0.25) is 0 Å². The second-order valence-corrected chi connectivity index (χ2v) is 6.35. The van der Waals surface area contributed by atoms with E-state index in [4.69, 9.17) is 16.3 Å². The van der Waals surface area contributed by atoms with Crippen LogP contribution in [0.2, 0.25) is 5.02 Å². The van der Waals surface area contributed by atoms with Gasteiger partial charge in [-0.15, -0.1) is 5.10 Å². The van der Waals surface area contributed by atoms with Gasteiger partial charge in [-0.05, 0) is 32.9 Å². The summed E-state index contributed by atoms with van der Waals surface area (Å²) in [5.41, 5.74) is -0.341. The molecule has 0 unspecified atom stereocenters. The minimum atomic E-state index is -0.886. The van der Waals surface area contributed by atoms with Crippen molar-refractivity contribution < 1.29 is 18.3 Å². The van der Waals surface area contributed by atoms with Crippen molar-refractivity contribution in [1.82, 2.24) is 20.1 Å². The zero-order valence-corrected chi connectivity index (χ0v) is 14.2. The fourth-order valence-electron chi connectivity index (χ4n) is 1.85. The molecule has 1 N–H and O–H groups in total. The SMILES string of the molecule is CC(C)(C)OC(=O)NCc1nc(CF)nn1-c1ccc(Cl)c(F)c1. The molecule has 0 aliphatic rings. The zero-order valence-electron chi connectivity index (χ0n) is 13.4. The summed E-state index contributed by atoms with van der Waals surface area (Å²) < 4.78 is 32.8. The third-order valence-electron chi connectivity index (χ3n) is 2.78. The Labute approximate surface area is 142 Å². The third kappa shape index (κ3) is 4.64. The van der Waals surface area contributed by atoms with E-state index in [1.807, 2.05) is 0 Å². The number of carbonyl (C=O) groups excluding carboxylic acids is 1. The molecular formula is C15H17ClF2N4O2. The quantitative estimate of drug-likeness (QED) is 0.907. The van der Waals surface area contributed by atoms with Gasteiger partial charge in [-0.3, -0.25) is 0 Å². The summed E-state index contributed by atoms with van der Waals surface area (Å²) in [5.74, 6) is -0.487. The fraction of sp³-hybridized carbons (Fsp3) is 0.400. The normalized spacial score (nSPS) is 11.4. The number of hydrogen-bond acceptors (Lipinski definition) is 4. The van der Waals surface area contributed by atoms with Crippen LogP contribution in [0.15, 0.2) is 18.2 Å². The molecular weight excluding hydrogens is 342 g/mol. The summed E-state index contributed by atoms with van der Waals surface area (Å²) >= 11 is 5.65. The Morgan fingerprint density at radius 2 is 2.12 bits per heavy atom. The van der Waals surface area contributed by atoms with Crippen LogP contribution in [0.1, 0.15) is 32.4 Å². The lowest BCUT2D eigenvalue weighted by molar-refractivity contribution is 0.0522. The summed E-state index contributed by atoms with van der Waals surface area (Å²) in [4.78, 5) is 15.7. The van der Waals surface area contributed by atoms with Crippen LogP contribution in [-0.4, -0.2) is 26.5 Å². The Bertz CT molecular complexity index is 744. The maximum absolute atomic E-state index is 13.6. The molecule has 1 aromatic carbocycles. The Kier molecular flexibility index (Phi) is 5.38. The number of rotatable bonds is 4. The highest BCUT2D eigenvalue weighted by molar-refractivity contribution is 6.30. The average Bonchev–Trinajstić information content (AvgIpc) is 2.89. The van der Waals surface area contributed by atoms with E-state index in [0.717, 1.165) is 6.07 Å². The maximum Gasteiger partial charge on any atom is 0.408 e. The standard InChI is InChI=1S/C15H17ClF2N4O2/c1-15(2,3)24-14(23)19-8-13-20-12(7-17)21-22(13)9-4-5-10(16)11(18)6-9/h4-6H,7-8H2,1-3H3,(H,19,23). The Hall–Kier alpha value is -2.22. The summed E-state index contributed by atoms with van der Waals surface area (Å²) in [7, 11) is 0. The van der Waals surface area contributed by atoms with Crippen molar-refractivity contribution in [3.63, 3.8) is 0 Å². The topological polar surface area (TPSA) is 69.0 Å². The number of nitrogens with one attached hydrogen (secondary N) is 1. The van der Waals surface area contributed by atoms with Gasteiger partial charge in [-0.1, -0.05) is 11.6 Å². The Morgan fingerprint density at radius 1 is 1.42 bits per heavy atom. The number of carbonyl (C=O) groups is 1. The molecule has 0 atom stereocenters. The minimum Gasteiger partial charge on any atom is -0.444 e. The number of halogens is 3. The minimum absolute atomic E-state index is 0.0435. The van der Waals surface area contributed by atoms with Crippen LogP contribution >= 0.6 is 11.6 Å². The lowest BCUT2D eigenvalue weighted by atomic mass is 10.2. The van der Waals surface area contributed by atoms with Crippen LogP contribution < -0.4 is 5.32 Å². The predicted octanol–water partition coefficient (Wildman–Crippen LogP) is 3.55. The molecule has 0 saturated heterocycles. The van der Waals surface area contributed by atoms with E-state index in [9.17, 15) is 13.6 Å². The van der Waals surface area contributed by atoms with Crippen molar-refractivity contribution in [2.24, 2.45) is 0 Å². The van der Waals surface area contributed by atoms with Crippen LogP contribution in [0, 0.1) is 5.82 Å². The maximum atomic E-state index is 13.6. The molecule has 0 fully saturated rings. The van der Waals surface area contributed by atoms with Crippen molar-refractivity contribution in [2.45, 2.75) is 39.6 Å². The number of amides is 1. The molecule has 0 bridgehead atoms. The molecule has 0 radical (unpaired) electrons. The molecule has 9 heteroatoms. The van der Waals surface area contributed by atoms with Crippen molar-refractivity contribution in [3.8, 4) is 5.69 Å². The molecule has 0 saturated carbocycles. The first-order chi connectivity index (χ1) is 11.2. The Balaban J connectivity index is 2.22. The van der Waals surface area contributed by atoms with Gasteiger partial charge >= 0.3 is 6.09 Å². The van der Waals surface area contributed by atoms with E-state index < -0.39 is 24.2 Å². The number of hydrogen-bond donors (Lipinski definition) is 1. The average molecular weight is 359 g/mol. The lowest BCUT2D eigenvalue weighted by Gasteiger charge is -2.19. The van der Waals surface area contributed by atoms with Crippen LogP contribution in [-0.2, 0) is 18.0 Å². The fourth-order valence-corrected chi connectivity index (χ4v) is 1.97. The van der Waals surface area contributed by atoms with Crippen molar-refractivity contribution in [3.05, 3.63) is 40.7 Å². The number of aromatic nitrogens is 3. The molecule has 24 heavy (non-hydrogen) atoms. The van der Waals surface area contributed by atoms with E-state index in [1.165, 1.54) is 16.8 Å². The van der Waals surface area contributed by atoms with Gasteiger partial charge in [0.25, 0.3) is 0 Å². The van der Waals surface area contributed by atoms with Gasteiger partial charge in [0.05, 0.1) is 17.3 Å². The predicted molar refractivity (Wildman–Crippen MR) is 84.2 cm³/mol. The van der Waals surface area contributed by atoms with Crippen molar-refractivity contribution in [1.29, 1.82) is 0 Å². The van der Waals surface area contributed by atoms with E-state index in [0.29, 0.717) is 5.69 Å². The molecule has 130 valence electrons. The number of ether oxygens (including phenoxy) is 1. The van der Waals surface area contributed by atoms with Crippen LogP contribution in [0.25, 0.3) is 5.69 Å². The molecule has 0 spiro atoms. The highest BCUT2D eigenvalue weighted by atomic mass is 35.5. The van der Waals surface area contributed by atoms with Crippen LogP contribution in [0.4, 0.5) is 13.6 Å². The van der Waals surface area contributed by atoms with Gasteiger partial charge < -0.3 is 10.1 Å². The molecule has 2 aromatic rings. The Morgan fingerprint density at radius 3 is 2.71 bits per heavy atom. The summed E-state index contributed by atoms with van der Waals surface area (Å²) in [6, 6.07) is 4.02. The van der Waals surface area contributed by atoms with Gasteiger partial charge in [-0.2, -0.15) is 0 Å². The largest absolute Gasteiger partial charge is 0.444 e. The third-order valence-corrected chi connectivity index (χ3v) is 3.08. The van der Waals surface area contributed by atoms with Gasteiger partial charge in [-0.25, -0.2) is 23.2 Å². The smallest absolute Gasteiger partial charge is 0.408 e. The molecule has 6 nitrogen and oxygen atoms in total. The first-order valence-corrected chi connectivity index (χ1v) is 7.50. The second kappa shape index (κ2) is 7.12. The summed E-state index contributed by atoms with van der Waals surface area (Å²) in [6.45, 7) is 4.24. The molecule has 1 aromatic heterocycles. The van der Waals surface area contributed by atoms with E-state index in [1.54, 1.807) is 20.8 Å². The number of benzene rings is 1. The zero-order chi connectivity index (χ0) is 17.9. The van der Waals surface area contributed by atoms with Crippen LogP contribution in [0.5, 0.6) is 0 Å². The summed E-state index contributed by atoms with van der Waals surface area (Å²) in [6.07, 6.45) is -0.652. The van der Waals surface area contributed by atoms with E-state index >= 15 is 0 Å². The molecule has 2 rings (SSSR count). The van der Waals surface area contributed by atoms with Gasteiger partial charge in [0.15, 0.2) is 18.3 Å². The van der Waals surface area contributed by atoms with Crippen LogP contribution in [0.3, 0.4) is 0 Å². The second-order valence-electron chi connectivity index (χ2n) is 5.94. The lowest BCUT2D eigenvalue weighted by Crippen LogP contribution is -2.32.